The maximum atomic E-state index is 13.9. The molecule has 262 valence electrons. The van der Waals surface area contributed by atoms with Crippen LogP contribution in [0.25, 0.3) is 0 Å². The Hall–Kier alpha value is -3.87. The first-order chi connectivity index (χ1) is 24.0. The molecular formula is C37H40Cl2N4O5SSi. The molecule has 1 aromatic heterocycles. The molecule has 9 nitrogen and oxygen atoms in total. The van der Waals surface area contributed by atoms with Gasteiger partial charge < -0.3 is 19.4 Å². The van der Waals surface area contributed by atoms with E-state index in [4.69, 9.17) is 32.4 Å². The van der Waals surface area contributed by atoms with E-state index in [9.17, 15) is 14.4 Å². The van der Waals surface area contributed by atoms with Crippen LogP contribution in [0, 0.1) is 0 Å². The number of urea groups is 1. The zero-order chi connectivity index (χ0) is 35.5. The zero-order valence-corrected chi connectivity index (χ0v) is 31.6. The van der Waals surface area contributed by atoms with Crippen molar-refractivity contribution in [3.05, 3.63) is 105 Å². The number of benzene rings is 3. The summed E-state index contributed by atoms with van der Waals surface area (Å²) in [5.74, 6) is -0.279. The fourth-order valence-electron chi connectivity index (χ4n) is 6.73. The number of anilines is 2. The first-order valence-corrected chi connectivity index (χ1v) is 20.1. The molecule has 13 heteroatoms. The van der Waals surface area contributed by atoms with E-state index in [2.05, 4.69) is 74.6 Å². The molecule has 2 saturated heterocycles. The van der Waals surface area contributed by atoms with Crippen LogP contribution in [0.4, 0.5) is 21.0 Å². The molecule has 2 aliphatic heterocycles. The Bertz CT molecular complexity index is 1800. The summed E-state index contributed by atoms with van der Waals surface area (Å²) in [7, 11) is -2.74. The highest BCUT2D eigenvalue weighted by Gasteiger charge is 2.50. The van der Waals surface area contributed by atoms with Crippen LogP contribution in [0.2, 0.25) is 14.4 Å². The number of amides is 4. The van der Waals surface area contributed by atoms with E-state index in [0.29, 0.717) is 51.9 Å². The average molecular weight is 752 g/mol. The number of rotatable bonds is 11. The summed E-state index contributed by atoms with van der Waals surface area (Å²) in [4.78, 5) is 44.5. The minimum Gasteiger partial charge on any atom is -0.442 e. The van der Waals surface area contributed by atoms with Crippen molar-refractivity contribution in [1.82, 2.24) is 10.2 Å². The molecule has 50 heavy (non-hydrogen) atoms. The summed E-state index contributed by atoms with van der Waals surface area (Å²) < 4.78 is 13.1. The van der Waals surface area contributed by atoms with E-state index in [1.165, 1.54) is 26.6 Å². The van der Waals surface area contributed by atoms with E-state index >= 15 is 0 Å². The molecule has 3 heterocycles. The van der Waals surface area contributed by atoms with Crippen molar-refractivity contribution in [2.45, 2.75) is 38.3 Å². The molecule has 2 aliphatic rings. The summed E-state index contributed by atoms with van der Waals surface area (Å²) in [6.45, 7) is 9.07. The predicted molar refractivity (Wildman–Crippen MR) is 203 cm³/mol. The second kappa shape index (κ2) is 15.2. The van der Waals surface area contributed by atoms with Crippen molar-refractivity contribution >= 4 is 82.6 Å². The van der Waals surface area contributed by atoms with Crippen LogP contribution in [0.1, 0.15) is 36.9 Å². The number of carbonyl (C=O) groups is 3. The van der Waals surface area contributed by atoms with Crippen molar-refractivity contribution in [3.8, 4) is 0 Å². The molecule has 0 radical (unpaired) electrons. The maximum absolute atomic E-state index is 13.9. The number of thiophene rings is 1. The third kappa shape index (κ3) is 7.43. The number of halogens is 2. The topological polar surface area (TPSA) is 91.4 Å². The molecule has 2 fully saturated rings. The SMILES string of the molecule is CC(C)(C)[Si](OCCN1CCCN(c2ccc(N3C[C@H](CNC(=O)c4ccc(Cl)s4)OC3=O)cc2Cl)C1=O)(c1ccccc1)c1ccccc1. The highest BCUT2D eigenvalue weighted by molar-refractivity contribution is 7.18. The van der Waals surface area contributed by atoms with Crippen molar-refractivity contribution in [2.24, 2.45) is 0 Å². The smallest absolute Gasteiger partial charge is 0.414 e. The van der Waals surface area contributed by atoms with Gasteiger partial charge in [-0.25, -0.2) is 9.59 Å². The van der Waals surface area contributed by atoms with Crippen molar-refractivity contribution in [2.75, 3.05) is 49.1 Å². The number of nitrogens with one attached hydrogen (secondary N) is 1. The standard InChI is InChI=1S/C37H40Cl2N4O5SSi/c1-37(2,3)50(28-11-6-4-7-12-28,29-13-8-5-9-14-29)47-22-21-41-19-10-20-42(35(41)45)31-16-15-26(23-30(31)38)43-25-27(48-36(43)46)24-40-34(44)32-17-18-33(39)49-32/h4-9,11-18,23,27H,10,19-22,24-25H2,1-3H3,(H,40,44)/t27-/m0/s1. The van der Waals surface area contributed by atoms with Gasteiger partial charge in [-0.1, -0.05) is 105 Å². The van der Waals surface area contributed by atoms with Gasteiger partial charge in [0, 0.05) is 25.3 Å². The van der Waals surface area contributed by atoms with Crippen LogP contribution in [0.3, 0.4) is 0 Å². The highest BCUT2D eigenvalue weighted by atomic mass is 35.5. The summed E-state index contributed by atoms with van der Waals surface area (Å²) in [6, 6.07) is 29.3. The maximum Gasteiger partial charge on any atom is 0.414 e. The van der Waals surface area contributed by atoms with Crippen LogP contribution >= 0.6 is 34.5 Å². The first kappa shape index (κ1) is 35.9. The van der Waals surface area contributed by atoms with Crippen molar-refractivity contribution in [3.63, 3.8) is 0 Å². The average Bonchev–Trinajstić information content (AvgIpc) is 3.71. The Labute approximate surface area is 307 Å². The fourth-order valence-corrected chi connectivity index (χ4v) is 12.5. The lowest BCUT2D eigenvalue weighted by Crippen LogP contribution is -2.67. The van der Waals surface area contributed by atoms with Crippen LogP contribution in [0.5, 0.6) is 0 Å². The normalized spacial score (nSPS) is 16.9. The Balaban J connectivity index is 1.11. The zero-order valence-electron chi connectivity index (χ0n) is 28.2. The Morgan fingerprint density at radius 2 is 1.62 bits per heavy atom. The number of hydrogen-bond acceptors (Lipinski definition) is 6. The van der Waals surface area contributed by atoms with Gasteiger partial charge in [-0.2, -0.15) is 0 Å². The quantitative estimate of drug-likeness (QED) is 0.167. The van der Waals surface area contributed by atoms with Crippen LogP contribution in [0.15, 0.2) is 91.0 Å². The lowest BCUT2D eigenvalue weighted by molar-refractivity contribution is 0.0920. The number of carbonyl (C=O) groups excluding carboxylic acids is 3. The second-order valence-electron chi connectivity index (χ2n) is 13.4. The van der Waals surface area contributed by atoms with Crippen molar-refractivity contribution < 1.29 is 23.5 Å². The molecule has 3 aromatic carbocycles. The van der Waals surface area contributed by atoms with E-state index in [1.54, 1.807) is 35.2 Å². The van der Waals surface area contributed by atoms with Gasteiger partial charge in [0.2, 0.25) is 0 Å². The lowest BCUT2D eigenvalue weighted by Gasteiger charge is -2.43. The molecule has 0 aliphatic carbocycles. The minimum atomic E-state index is -2.74. The molecular weight excluding hydrogens is 711 g/mol. The molecule has 0 saturated carbocycles. The second-order valence-corrected chi connectivity index (χ2v) is 19.8. The van der Waals surface area contributed by atoms with Crippen LogP contribution in [-0.4, -0.2) is 76.7 Å². The summed E-state index contributed by atoms with van der Waals surface area (Å²) in [6.07, 6.45) is -0.302. The van der Waals surface area contributed by atoms with E-state index in [0.717, 1.165) is 6.42 Å². The van der Waals surface area contributed by atoms with Crippen molar-refractivity contribution in [1.29, 1.82) is 0 Å². The number of cyclic esters (lactones) is 1. The van der Waals surface area contributed by atoms with E-state index in [-0.39, 0.29) is 30.1 Å². The monoisotopic (exact) mass is 750 g/mol. The van der Waals surface area contributed by atoms with Gasteiger partial charge >= 0.3 is 12.1 Å². The molecule has 0 unspecified atom stereocenters. The predicted octanol–water partition coefficient (Wildman–Crippen LogP) is 7.02. The Kier molecular flexibility index (Phi) is 10.9. The Morgan fingerprint density at radius 3 is 2.22 bits per heavy atom. The third-order valence-electron chi connectivity index (χ3n) is 9.10. The van der Waals surface area contributed by atoms with Gasteiger partial charge in [-0.05, 0) is 52.2 Å². The molecule has 0 bridgehead atoms. The summed E-state index contributed by atoms with van der Waals surface area (Å²) >= 11 is 13.9. The number of nitrogens with zero attached hydrogens (tertiary/aromatic N) is 3. The van der Waals surface area contributed by atoms with Gasteiger partial charge in [-0.15, -0.1) is 11.3 Å². The van der Waals surface area contributed by atoms with E-state index in [1.807, 2.05) is 17.0 Å². The van der Waals surface area contributed by atoms with Gasteiger partial charge in [0.25, 0.3) is 14.2 Å². The minimum absolute atomic E-state index is 0.139. The first-order valence-electron chi connectivity index (χ1n) is 16.6. The van der Waals surface area contributed by atoms with Crippen LogP contribution < -0.4 is 25.5 Å². The Morgan fingerprint density at radius 1 is 0.940 bits per heavy atom. The molecule has 4 amide bonds. The summed E-state index contributed by atoms with van der Waals surface area (Å²) in [5, 5.41) is 5.36. The van der Waals surface area contributed by atoms with Gasteiger partial charge in [-0.3, -0.25) is 14.6 Å². The molecule has 1 N–H and O–H groups in total. The third-order valence-corrected chi connectivity index (χ3v) is 15.7. The largest absolute Gasteiger partial charge is 0.442 e. The van der Waals surface area contributed by atoms with Gasteiger partial charge in [0.1, 0.15) is 6.10 Å². The highest BCUT2D eigenvalue weighted by Crippen LogP contribution is 2.37. The van der Waals surface area contributed by atoms with Gasteiger partial charge in [0.15, 0.2) is 0 Å². The number of hydrogen-bond donors (Lipinski definition) is 1. The molecule has 6 rings (SSSR count). The fraction of sp³-hybridized carbons (Fsp3) is 0.324. The van der Waals surface area contributed by atoms with E-state index < -0.39 is 20.5 Å². The molecule has 0 spiro atoms. The summed E-state index contributed by atoms with van der Waals surface area (Å²) in [5.41, 5.74) is 1.12. The lowest BCUT2D eigenvalue weighted by atomic mass is 10.2. The van der Waals surface area contributed by atoms with Gasteiger partial charge in [0.05, 0.1) is 39.6 Å². The van der Waals surface area contributed by atoms with Crippen LogP contribution in [-0.2, 0) is 9.16 Å². The molecule has 4 aromatic rings. The number of ether oxygens (including phenoxy) is 1. The molecule has 1 atom stereocenters.